The van der Waals surface area contributed by atoms with Gasteiger partial charge in [-0.3, -0.25) is 9.89 Å². The molecular weight excluding hydrogens is 302 g/mol. The summed E-state index contributed by atoms with van der Waals surface area (Å²) in [6.07, 6.45) is 6.43. The molecule has 2 aromatic heterocycles. The first kappa shape index (κ1) is 14.7. The Morgan fingerprint density at radius 2 is 2.36 bits per heavy atom. The standard InChI is InChI=1S/C15H16ClN5O/c1-2-3-4-12(22)15-17-8-10(16)14(19-15)18-13-7-11(20-21-13)9-5-6-9/h2,7-9H,1,3-6H2,(H2,17,18,19,20,21). The molecule has 0 aromatic carbocycles. The van der Waals surface area contributed by atoms with Crippen LogP contribution in [0.1, 0.15) is 47.9 Å². The van der Waals surface area contributed by atoms with Crippen LogP contribution in [0.2, 0.25) is 5.02 Å². The molecule has 2 N–H and O–H groups in total. The number of nitrogens with one attached hydrogen (secondary N) is 2. The van der Waals surface area contributed by atoms with Crippen LogP contribution in [0.4, 0.5) is 11.6 Å². The number of aromatic nitrogens is 4. The first-order chi connectivity index (χ1) is 10.7. The van der Waals surface area contributed by atoms with Crippen molar-refractivity contribution in [1.82, 2.24) is 20.2 Å². The molecule has 0 amide bonds. The molecule has 1 saturated carbocycles. The van der Waals surface area contributed by atoms with Crippen LogP contribution in [0.15, 0.2) is 24.9 Å². The highest BCUT2D eigenvalue weighted by Crippen LogP contribution is 2.39. The monoisotopic (exact) mass is 317 g/mol. The van der Waals surface area contributed by atoms with E-state index >= 15 is 0 Å². The zero-order valence-corrected chi connectivity index (χ0v) is 12.7. The average molecular weight is 318 g/mol. The minimum Gasteiger partial charge on any atom is -0.322 e. The summed E-state index contributed by atoms with van der Waals surface area (Å²) < 4.78 is 0. The van der Waals surface area contributed by atoms with Crippen molar-refractivity contribution in [2.45, 2.75) is 31.6 Å². The van der Waals surface area contributed by atoms with Crippen LogP contribution in [0.25, 0.3) is 0 Å². The third kappa shape index (κ3) is 3.33. The lowest BCUT2D eigenvalue weighted by atomic mass is 10.2. The van der Waals surface area contributed by atoms with Gasteiger partial charge in [0.05, 0.1) is 6.20 Å². The number of anilines is 2. The van der Waals surface area contributed by atoms with Gasteiger partial charge in [0.1, 0.15) is 5.02 Å². The second-order valence-corrected chi connectivity index (χ2v) is 5.66. The van der Waals surface area contributed by atoms with Crippen LogP contribution in [-0.2, 0) is 0 Å². The Morgan fingerprint density at radius 3 is 3.09 bits per heavy atom. The summed E-state index contributed by atoms with van der Waals surface area (Å²) in [5.41, 5.74) is 1.11. The van der Waals surface area contributed by atoms with Crippen LogP contribution >= 0.6 is 11.6 Å². The molecule has 3 rings (SSSR count). The number of ketones is 1. The van der Waals surface area contributed by atoms with Crippen molar-refractivity contribution in [2.24, 2.45) is 0 Å². The van der Waals surface area contributed by atoms with E-state index in [2.05, 4.69) is 32.1 Å². The summed E-state index contributed by atoms with van der Waals surface area (Å²) in [6, 6.07) is 1.94. The van der Waals surface area contributed by atoms with Crippen molar-refractivity contribution in [3.63, 3.8) is 0 Å². The molecule has 0 radical (unpaired) electrons. The fourth-order valence-corrected chi connectivity index (χ4v) is 2.20. The predicted molar refractivity (Wildman–Crippen MR) is 84.6 cm³/mol. The molecule has 114 valence electrons. The Morgan fingerprint density at radius 1 is 1.55 bits per heavy atom. The van der Waals surface area contributed by atoms with E-state index in [0.717, 1.165) is 5.69 Å². The van der Waals surface area contributed by atoms with E-state index in [1.165, 1.54) is 19.0 Å². The van der Waals surface area contributed by atoms with E-state index < -0.39 is 0 Å². The highest BCUT2D eigenvalue weighted by atomic mass is 35.5. The van der Waals surface area contributed by atoms with Gasteiger partial charge in [0.2, 0.25) is 0 Å². The van der Waals surface area contributed by atoms with Crippen molar-refractivity contribution < 1.29 is 4.79 Å². The molecule has 0 atom stereocenters. The molecule has 0 aliphatic heterocycles. The van der Waals surface area contributed by atoms with Gasteiger partial charge in [-0.25, -0.2) is 9.97 Å². The molecule has 0 bridgehead atoms. The van der Waals surface area contributed by atoms with E-state index in [-0.39, 0.29) is 11.6 Å². The minimum atomic E-state index is -0.139. The lowest BCUT2D eigenvalue weighted by Gasteiger charge is -2.05. The van der Waals surface area contributed by atoms with Crippen molar-refractivity contribution in [3.8, 4) is 0 Å². The summed E-state index contributed by atoms with van der Waals surface area (Å²) in [4.78, 5) is 20.1. The zero-order valence-electron chi connectivity index (χ0n) is 12.0. The first-order valence-electron chi connectivity index (χ1n) is 7.16. The fraction of sp³-hybridized carbons (Fsp3) is 0.333. The molecule has 1 fully saturated rings. The second kappa shape index (κ2) is 6.27. The highest BCUT2D eigenvalue weighted by molar-refractivity contribution is 6.32. The van der Waals surface area contributed by atoms with E-state index in [1.54, 1.807) is 6.08 Å². The van der Waals surface area contributed by atoms with E-state index in [0.29, 0.717) is 35.4 Å². The van der Waals surface area contributed by atoms with Crippen molar-refractivity contribution in [2.75, 3.05) is 5.32 Å². The van der Waals surface area contributed by atoms with Crippen LogP contribution < -0.4 is 5.32 Å². The molecule has 7 heteroatoms. The molecule has 22 heavy (non-hydrogen) atoms. The largest absolute Gasteiger partial charge is 0.322 e. The number of aromatic amines is 1. The predicted octanol–water partition coefficient (Wildman–Crippen LogP) is 3.62. The smallest absolute Gasteiger partial charge is 0.200 e. The van der Waals surface area contributed by atoms with E-state index in [1.807, 2.05) is 6.07 Å². The molecule has 0 unspecified atom stereocenters. The van der Waals surface area contributed by atoms with Crippen LogP contribution in [0.5, 0.6) is 0 Å². The number of carbonyl (C=O) groups is 1. The van der Waals surface area contributed by atoms with Gasteiger partial charge in [-0.15, -0.1) is 6.58 Å². The number of hydrogen-bond acceptors (Lipinski definition) is 5. The first-order valence-corrected chi connectivity index (χ1v) is 7.54. The van der Waals surface area contributed by atoms with Gasteiger partial charge in [0, 0.05) is 24.1 Å². The maximum atomic E-state index is 12.0. The van der Waals surface area contributed by atoms with Gasteiger partial charge >= 0.3 is 0 Å². The second-order valence-electron chi connectivity index (χ2n) is 5.25. The van der Waals surface area contributed by atoms with Crippen molar-refractivity contribution in [1.29, 1.82) is 0 Å². The van der Waals surface area contributed by atoms with Crippen LogP contribution in [-0.4, -0.2) is 25.9 Å². The molecule has 1 aliphatic rings. The van der Waals surface area contributed by atoms with Gasteiger partial charge in [-0.05, 0) is 19.3 Å². The summed E-state index contributed by atoms with van der Waals surface area (Å²) in [5, 5.41) is 10.6. The number of halogens is 1. The summed E-state index contributed by atoms with van der Waals surface area (Å²) >= 11 is 6.08. The summed E-state index contributed by atoms with van der Waals surface area (Å²) in [7, 11) is 0. The third-order valence-corrected chi connectivity index (χ3v) is 3.71. The third-order valence-electron chi connectivity index (χ3n) is 3.43. The van der Waals surface area contributed by atoms with Gasteiger partial charge < -0.3 is 5.32 Å². The Bertz CT molecular complexity index is 708. The lowest BCUT2D eigenvalue weighted by molar-refractivity contribution is 0.0974. The topological polar surface area (TPSA) is 83.6 Å². The number of carbonyl (C=O) groups excluding carboxylic acids is 1. The number of rotatable bonds is 7. The zero-order chi connectivity index (χ0) is 15.5. The van der Waals surface area contributed by atoms with Crippen LogP contribution in [0.3, 0.4) is 0 Å². The quantitative estimate of drug-likeness (QED) is 0.602. The SMILES string of the molecule is C=CCCC(=O)c1ncc(Cl)c(Nc2cc(C3CC3)[nH]n2)n1. The van der Waals surface area contributed by atoms with Gasteiger partial charge in [-0.1, -0.05) is 17.7 Å². The number of allylic oxidation sites excluding steroid dienone is 1. The number of hydrogen-bond donors (Lipinski definition) is 2. The number of H-pyrrole nitrogens is 1. The summed E-state index contributed by atoms with van der Waals surface area (Å²) in [6.45, 7) is 3.60. The normalized spacial score (nSPS) is 13.9. The molecule has 1 aliphatic carbocycles. The average Bonchev–Trinajstić information content (AvgIpc) is 3.27. The Hall–Kier alpha value is -2.21. The Labute approximate surface area is 133 Å². The lowest BCUT2D eigenvalue weighted by Crippen LogP contribution is -2.07. The molecule has 0 spiro atoms. The fourth-order valence-electron chi connectivity index (χ4n) is 2.06. The van der Waals surface area contributed by atoms with Gasteiger partial charge in [0.25, 0.3) is 0 Å². The number of nitrogens with zero attached hydrogens (tertiary/aromatic N) is 3. The minimum absolute atomic E-state index is 0.139. The molecule has 6 nitrogen and oxygen atoms in total. The number of Topliss-reactive ketones (excluding diaryl/α,β-unsaturated/α-hetero) is 1. The van der Waals surface area contributed by atoms with E-state index in [4.69, 9.17) is 11.6 Å². The van der Waals surface area contributed by atoms with Crippen molar-refractivity contribution >= 4 is 29.0 Å². The Balaban J connectivity index is 1.76. The maximum Gasteiger partial charge on any atom is 0.200 e. The molecule has 2 aromatic rings. The highest BCUT2D eigenvalue weighted by Gasteiger charge is 2.25. The Kier molecular flexibility index (Phi) is 4.20. The van der Waals surface area contributed by atoms with Crippen LogP contribution in [0, 0.1) is 0 Å². The van der Waals surface area contributed by atoms with Gasteiger partial charge in [-0.2, -0.15) is 5.10 Å². The molecule has 2 heterocycles. The van der Waals surface area contributed by atoms with Gasteiger partial charge in [0.15, 0.2) is 23.2 Å². The summed E-state index contributed by atoms with van der Waals surface area (Å²) in [5.74, 6) is 1.60. The van der Waals surface area contributed by atoms with Crippen molar-refractivity contribution in [3.05, 3.63) is 41.5 Å². The molecular formula is C15H16ClN5O. The van der Waals surface area contributed by atoms with E-state index in [9.17, 15) is 4.79 Å². The molecule has 0 saturated heterocycles. The maximum absolute atomic E-state index is 12.0.